The van der Waals surface area contributed by atoms with Crippen molar-refractivity contribution < 1.29 is 0 Å². The number of H-pyrrole nitrogens is 1. The molecular weight excluding hydrogens is 198 g/mol. The Bertz CT molecular complexity index is 293. The van der Waals surface area contributed by atoms with Crippen molar-refractivity contribution in [3.05, 3.63) is 17.5 Å². The summed E-state index contributed by atoms with van der Waals surface area (Å²) in [5.74, 6) is 0. The number of hydrogen-bond donors (Lipinski definition) is 2. The SMILES string of the molecule is CCCCC(C)NC(C)Cc1cc(C)[nH]n1. The van der Waals surface area contributed by atoms with Crippen LogP contribution in [0, 0.1) is 6.92 Å². The maximum absolute atomic E-state index is 4.26. The predicted octanol–water partition coefficient (Wildman–Crippen LogP) is 2.82. The zero-order chi connectivity index (χ0) is 12.0. The molecule has 3 heteroatoms. The van der Waals surface area contributed by atoms with E-state index in [1.807, 2.05) is 6.92 Å². The molecule has 92 valence electrons. The molecule has 16 heavy (non-hydrogen) atoms. The van der Waals surface area contributed by atoms with E-state index in [0.717, 1.165) is 17.8 Å². The smallest absolute Gasteiger partial charge is 0.0640 e. The van der Waals surface area contributed by atoms with Gasteiger partial charge in [0.15, 0.2) is 0 Å². The Morgan fingerprint density at radius 3 is 2.69 bits per heavy atom. The molecule has 2 unspecified atom stereocenters. The van der Waals surface area contributed by atoms with E-state index in [-0.39, 0.29) is 0 Å². The normalized spacial score (nSPS) is 15.0. The van der Waals surface area contributed by atoms with Crippen molar-refractivity contribution in [3.8, 4) is 0 Å². The third-order valence-corrected chi connectivity index (χ3v) is 2.83. The first kappa shape index (κ1) is 13.2. The van der Waals surface area contributed by atoms with Crippen LogP contribution in [0.3, 0.4) is 0 Å². The van der Waals surface area contributed by atoms with Crippen LogP contribution in [0.2, 0.25) is 0 Å². The highest BCUT2D eigenvalue weighted by Gasteiger charge is 2.09. The monoisotopic (exact) mass is 223 g/mol. The van der Waals surface area contributed by atoms with Gasteiger partial charge in [-0.1, -0.05) is 19.8 Å². The van der Waals surface area contributed by atoms with Gasteiger partial charge in [0.2, 0.25) is 0 Å². The fourth-order valence-corrected chi connectivity index (χ4v) is 2.03. The molecule has 0 bridgehead atoms. The molecular formula is C13H25N3. The lowest BCUT2D eigenvalue weighted by molar-refractivity contribution is 0.432. The number of aryl methyl sites for hydroxylation is 1. The van der Waals surface area contributed by atoms with Crippen molar-refractivity contribution in [3.63, 3.8) is 0 Å². The van der Waals surface area contributed by atoms with Crippen molar-refractivity contribution in [1.82, 2.24) is 15.5 Å². The molecule has 1 heterocycles. The fourth-order valence-electron chi connectivity index (χ4n) is 2.03. The summed E-state index contributed by atoms with van der Waals surface area (Å²) < 4.78 is 0. The summed E-state index contributed by atoms with van der Waals surface area (Å²) in [5, 5.41) is 10.9. The average molecular weight is 223 g/mol. The van der Waals surface area contributed by atoms with Crippen LogP contribution in [0.1, 0.15) is 51.4 Å². The number of nitrogens with zero attached hydrogens (tertiary/aromatic N) is 1. The second-order valence-corrected chi connectivity index (χ2v) is 4.86. The van der Waals surface area contributed by atoms with Crippen LogP contribution < -0.4 is 5.32 Å². The van der Waals surface area contributed by atoms with Gasteiger partial charge in [0.1, 0.15) is 0 Å². The molecule has 0 saturated heterocycles. The first-order chi connectivity index (χ1) is 7.61. The Hall–Kier alpha value is -0.830. The number of rotatable bonds is 7. The van der Waals surface area contributed by atoms with Gasteiger partial charge in [-0.2, -0.15) is 5.10 Å². The first-order valence-electron chi connectivity index (χ1n) is 6.38. The van der Waals surface area contributed by atoms with Crippen molar-refractivity contribution in [1.29, 1.82) is 0 Å². The van der Waals surface area contributed by atoms with Gasteiger partial charge in [0.25, 0.3) is 0 Å². The molecule has 0 fully saturated rings. The van der Waals surface area contributed by atoms with E-state index in [1.165, 1.54) is 19.3 Å². The Kier molecular flexibility index (Phi) is 5.53. The summed E-state index contributed by atoms with van der Waals surface area (Å²) in [7, 11) is 0. The van der Waals surface area contributed by atoms with Crippen LogP contribution in [0.15, 0.2) is 6.07 Å². The van der Waals surface area contributed by atoms with Gasteiger partial charge in [0.05, 0.1) is 5.69 Å². The maximum Gasteiger partial charge on any atom is 0.0640 e. The lowest BCUT2D eigenvalue weighted by Gasteiger charge is -2.19. The summed E-state index contributed by atoms with van der Waals surface area (Å²) >= 11 is 0. The number of aromatic amines is 1. The molecule has 3 nitrogen and oxygen atoms in total. The molecule has 0 aliphatic carbocycles. The Labute approximate surface area is 99.0 Å². The van der Waals surface area contributed by atoms with Crippen LogP contribution >= 0.6 is 0 Å². The Morgan fingerprint density at radius 2 is 2.12 bits per heavy atom. The van der Waals surface area contributed by atoms with E-state index in [1.54, 1.807) is 0 Å². The first-order valence-corrected chi connectivity index (χ1v) is 6.38. The van der Waals surface area contributed by atoms with Crippen LogP contribution in [-0.4, -0.2) is 22.3 Å². The number of hydrogen-bond acceptors (Lipinski definition) is 2. The van der Waals surface area contributed by atoms with E-state index < -0.39 is 0 Å². The van der Waals surface area contributed by atoms with E-state index in [2.05, 4.69) is 42.4 Å². The van der Waals surface area contributed by atoms with E-state index >= 15 is 0 Å². The summed E-state index contributed by atoms with van der Waals surface area (Å²) in [6.07, 6.45) is 4.85. The van der Waals surface area contributed by atoms with Crippen LogP contribution in [0.4, 0.5) is 0 Å². The largest absolute Gasteiger partial charge is 0.311 e. The average Bonchev–Trinajstić information content (AvgIpc) is 2.60. The van der Waals surface area contributed by atoms with Crippen molar-refractivity contribution in [2.24, 2.45) is 0 Å². The standard InChI is InChI=1S/C13H25N3/c1-5-6-7-10(2)14-11(3)8-13-9-12(4)15-16-13/h9-11,14H,5-8H2,1-4H3,(H,15,16). The minimum atomic E-state index is 0.495. The van der Waals surface area contributed by atoms with Gasteiger partial charge in [-0.3, -0.25) is 5.10 Å². The number of aromatic nitrogens is 2. The quantitative estimate of drug-likeness (QED) is 0.746. The van der Waals surface area contributed by atoms with Gasteiger partial charge < -0.3 is 5.32 Å². The third-order valence-electron chi connectivity index (χ3n) is 2.83. The molecule has 2 atom stereocenters. The minimum absolute atomic E-state index is 0.495. The number of nitrogens with one attached hydrogen (secondary N) is 2. The molecule has 2 N–H and O–H groups in total. The molecule has 0 amide bonds. The van der Waals surface area contributed by atoms with Gasteiger partial charge >= 0.3 is 0 Å². The topological polar surface area (TPSA) is 40.7 Å². The van der Waals surface area contributed by atoms with E-state index in [4.69, 9.17) is 0 Å². The van der Waals surface area contributed by atoms with E-state index in [9.17, 15) is 0 Å². The molecule has 1 aromatic heterocycles. The molecule has 0 radical (unpaired) electrons. The van der Waals surface area contributed by atoms with Gasteiger partial charge in [-0.05, 0) is 33.3 Å². The third kappa shape index (κ3) is 4.79. The van der Waals surface area contributed by atoms with Crippen molar-refractivity contribution in [2.45, 2.75) is 65.5 Å². The lowest BCUT2D eigenvalue weighted by Crippen LogP contribution is -2.35. The molecule has 0 saturated carbocycles. The zero-order valence-corrected chi connectivity index (χ0v) is 11.0. The minimum Gasteiger partial charge on any atom is -0.311 e. The Balaban J connectivity index is 2.27. The summed E-state index contributed by atoms with van der Waals surface area (Å²) in [5.41, 5.74) is 2.29. The molecule has 0 aliphatic rings. The van der Waals surface area contributed by atoms with Crippen molar-refractivity contribution in [2.75, 3.05) is 0 Å². The molecule has 0 aliphatic heterocycles. The Morgan fingerprint density at radius 1 is 1.38 bits per heavy atom. The number of unbranched alkanes of at least 4 members (excludes halogenated alkanes) is 1. The fraction of sp³-hybridized carbons (Fsp3) is 0.769. The van der Waals surface area contributed by atoms with Gasteiger partial charge in [0, 0.05) is 24.2 Å². The molecule has 1 aromatic rings. The zero-order valence-electron chi connectivity index (χ0n) is 11.0. The van der Waals surface area contributed by atoms with Crippen LogP contribution in [0.5, 0.6) is 0 Å². The summed E-state index contributed by atoms with van der Waals surface area (Å²) in [6, 6.07) is 3.22. The van der Waals surface area contributed by atoms with Crippen molar-refractivity contribution >= 4 is 0 Å². The second-order valence-electron chi connectivity index (χ2n) is 4.86. The van der Waals surface area contributed by atoms with Gasteiger partial charge in [-0.25, -0.2) is 0 Å². The molecule has 0 spiro atoms. The predicted molar refractivity (Wildman–Crippen MR) is 68.6 cm³/mol. The highest BCUT2D eigenvalue weighted by molar-refractivity contribution is 5.07. The maximum atomic E-state index is 4.26. The molecule has 1 rings (SSSR count). The van der Waals surface area contributed by atoms with Crippen LogP contribution in [-0.2, 0) is 6.42 Å². The lowest BCUT2D eigenvalue weighted by atomic mass is 10.1. The highest BCUT2D eigenvalue weighted by atomic mass is 15.1. The summed E-state index contributed by atoms with van der Waals surface area (Å²) in [4.78, 5) is 0. The second kappa shape index (κ2) is 6.69. The molecule has 0 aromatic carbocycles. The van der Waals surface area contributed by atoms with Crippen LogP contribution in [0.25, 0.3) is 0 Å². The van der Waals surface area contributed by atoms with Gasteiger partial charge in [-0.15, -0.1) is 0 Å². The highest BCUT2D eigenvalue weighted by Crippen LogP contribution is 2.05. The summed E-state index contributed by atoms with van der Waals surface area (Å²) in [6.45, 7) is 8.77. The van der Waals surface area contributed by atoms with E-state index in [0.29, 0.717) is 12.1 Å².